The molecule has 0 saturated carbocycles. The number of rotatable bonds is 1. The highest BCUT2D eigenvalue weighted by atomic mass is 16.5. The lowest BCUT2D eigenvalue weighted by molar-refractivity contribution is -0.137. The van der Waals surface area contributed by atoms with Gasteiger partial charge in [0, 0.05) is 13.5 Å². The molecule has 0 fully saturated rings. The minimum atomic E-state index is -1.22. The van der Waals surface area contributed by atoms with Crippen LogP contribution in [0.2, 0.25) is 0 Å². The summed E-state index contributed by atoms with van der Waals surface area (Å²) >= 11 is 0. The molecule has 0 spiro atoms. The molecule has 1 unspecified atom stereocenters. The lowest BCUT2D eigenvalue weighted by Gasteiger charge is -2.33. The van der Waals surface area contributed by atoms with Gasteiger partial charge in [-0.2, -0.15) is 0 Å². The quantitative estimate of drug-likeness (QED) is 0.699. The van der Waals surface area contributed by atoms with E-state index in [1.54, 1.807) is 7.05 Å². The fraction of sp³-hybridized carbons (Fsp3) is 0.364. The standard InChI is InChI=1S/C11H14N2O2/c1-13-10(14)11(12)7-6-8-4-2-3-5-9(8)15-11/h2-5H,6-7,12H2,1H3,(H,13,14). The van der Waals surface area contributed by atoms with E-state index in [4.69, 9.17) is 10.5 Å². The summed E-state index contributed by atoms with van der Waals surface area (Å²) in [5.74, 6) is 0.423. The number of fused-ring (bicyclic) bond motifs is 1. The Hall–Kier alpha value is -1.55. The first-order valence-corrected chi connectivity index (χ1v) is 4.94. The Morgan fingerprint density at radius 1 is 1.53 bits per heavy atom. The van der Waals surface area contributed by atoms with Crippen molar-refractivity contribution in [1.29, 1.82) is 0 Å². The van der Waals surface area contributed by atoms with Gasteiger partial charge in [-0.1, -0.05) is 18.2 Å². The minimum absolute atomic E-state index is 0.281. The van der Waals surface area contributed by atoms with Crippen molar-refractivity contribution in [2.75, 3.05) is 7.05 Å². The number of hydrogen-bond donors (Lipinski definition) is 2. The SMILES string of the molecule is CNC(=O)C1(N)CCc2ccccc2O1. The molecule has 0 aromatic heterocycles. The van der Waals surface area contributed by atoms with E-state index >= 15 is 0 Å². The summed E-state index contributed by atoms with van der Waals surface area (Å²) in [7, 11) is 1.56. The third-order valence-electron chi connectivity index (χ3n) is 2.64. The Morgan fingerprint density at radius 2 is 2.27 bits per heavy atom. The van der Waals surface area contributed by atoms with E-state index < -0.39 is 5.72 Å². The Morgan fingerprint density at radius 3 is 3.00 bits per heavy atom. The number of hydrogen-bond acceptors (Lipinski definition) is 3. The molecule has 4 heteroatoms. The Bertz CT molecular complexity index is 392. The Kier molecular flexibility index (Phi) is 2.36. The highest BCUT2D eigenvalue weighted by Gasteiger charge is 2.38. The van der Waals surface area contributed by atoms with Crippen molar-refractivity contribution < 1.29 is 9.53 Å². The molecule has 1 aliphatic heterocycles. The summed E-state index contributed by atoms with van der Waals surface area (Å²) in [6, 6.07) is 7.64. The van der Waals surface area contributed by atoms with Gasteiger partial charge in [0.2, 0.25) is 5.72 Å². The van der Waals surface area contributed by atoms with Crippen LogP contribution in [0.5, 0.6) is 5.75 Å². The van der Waals surface area contributed by atoms with Crippen LogP contribution in [-0.4, -0.2) is 18.7 Å². The fourth-order valence-electron chi connectivity index (χ4n) is 1.75. The van der Waals surface area contributed by atoms with Gasteiger partial charge in [0.1, 0.15) is 5.75 Å². The van der Waals surface area contributed by atoms with Gasteiger partial charge in [-0.05, 0) is 18.1 Å². The second kappa shape index (κ2) is 3.55. The van der Waals surface area contributed by atoms with E-state index in [9.17, 15) is 4.79 Å². The minimum Gasteiger partial charge on any atom is -0.463 e. The number of para-hydroxylation sites is 1. The van der Waals surface area contributed by atoms with Gasteiger partial charge >= 0.3 is 0 Å². The average molecular weight is 206 g/mol. The van der Waals surface area contributed by atoms with Crippen molar-refractivity contribution in [3.05, 3.63) is 29.8 Å². The molecule has 1 amide bonds. The molecule has 0 bridgehead atoms. The molecule has 80 valence electrons. The fourth-order valence-corrected chi connectivity index (χ4v) is 1.75. The molecule has 0 aliphatic carbocycles. The number of carbonyl (C=O) groups is 1. The zero-order valence-electron chi connectivity index (χ0n) is 8.62. The van der Waals surface area contributed by atoms with Gasteiger partial charge in [-0.3, -0.25) is 10.5 Å². The van der Waals surface area contributed by atoms with E-state index in [1.165, 1.54) is 0 Å². The lowest BCUT2D eigenvalue weighted by atomic mass is 9.98. The predicted octanol–water partition coefficient (Wildman–Crippen LogP) is 0.413. The van der Waals surface area contributed by atoms with Crippen LogP contribution in [0.3, 0.4) is 0 Å². The molecule has 0 saturated heterocycles. The van der Waals surface area contributed by atoms with Crippen LogP contribution in [0.1, 0.15) is 12.0 Å². The number of benzene rings is 1. The number of likely N-dealkylation sites (N-methyl/N-ethyl adjacent to an activating group) is 1. The number of ether oxygens (including phenoxy) is 1. The number of nitrogens with two attached hydrogens (primary N) is 1. The largest absolute Gasteiger partial charge is 0.463 e. The molecule has 1 aromatic rings. The molecule has 0 radical (unpaired) electrons. The van der Waals surface area contributed by atoms with E-state index in [0.29, 0.717) is 12.2 Å². The van der Waals surface area contributed by atoms with Crippen LogP contribution < -0.4 is 15.8 Å². The van der Waals surface area contributed by atoms with Gasteiger partial charge in [-0.15, -0.1) is 0 Å². The van der Waals surface area contributed by atoms with E-state index in [0.717, 1.165) is 12.0 Å². The summed E-state index contributed by atoms with van der Waals surface area (Å²) in [6.07, 6.45) is 1.27. The van der Waals surface area contributed by atoms with E-state index in [2.05, 4.69) is 5.32 Å². The lowest BCUT2D eigenvalue weighted by Crippen LogP contribution is -2.59. The molecule has 4 nitrogen and oxygen atoms in total. The Labute approximate surface area is 88.4 Å². The van der Waals surface area contributed by atoms with Crippen LogP contribution in [0.4, 0.5) is 0 Å². The predicted molar refractivity (Wildman–Crippen MR) is 56.4 cm³/mol. The average Bonchev–Trinajstić information content (AvgIpc) is 2.27. The highest BCUT2D eigenvalue weighted by molar-refractivity contribution is 5.85. The third kappa shape index (κ3) is 1.68. The maximum absolute atomic E-state index is 11.5. The molecule has 1 heterocycles. The topological polar surface area (TPSA) is 64.4 Å². The normalized spacial score (nSPS) is 23.9. The Balaban J connectivity index is 2.28. The molecule has 1 atom stereocenters. The third-order valence-corrected chi connectivity index (χ3v) is 2.64. The highest BCUT2D eigenvalue weighted by Crippen LogP contribution is 2.30. The van der Waals surface area contributed by atoms with Gasteiger partial charge < -0.3 is 10.1 Å². The first-order valence-electron chi connectivity index (χ1n) is 4.94. The summed E-state index contributed by atoms with van der Waals surface area (Å²) in [6.45, 7) is 0. The molecular weight excluding hydrogens is 192 g/mol. The van der Waals surface area contributed by atoms with Crippen LogP contribution in [0, 0.1) is 0 Å². The zero-order chi connectivity index (χ0) is 10.9. The van der Waals surface area contributed by atoms with Crippen LogP contribution in [0.25, 0.3) is 0 Å². The molecule has 1 aliphatic rings. The molecule has 15 heavy (non-hydrogen) atoms. The number of carbonyl (C=O) groups excluding carboxylic acids is 1. The maximum atomic E-state index is 11.5. The summed E-state index contributed by atoms with van der Waals surface area (Å²) in [5, 5.41) is 2.52. The molecule has 3 N–H and O–H groups in total. The van der Waals surface area contributed by atoms with Crippen molar-refractivity contribution in [2.45, 2.75) is 18.6 Å². The first-order chi connectivity index (χ1) is 7.15. The molecule has 1 aromatic carbocycles. The molecular formula is C11H14N2O2. The number of aryl methyl sites for hydroxylation is 1. The second-order valence-electron chi connectivity index (χ2n) is 3.68. The van der Waals surface area contributed by atoms with Gasteiger partial charge in [0.25, 0.3) is 5.91 Å². The van der Waals surface area contributed by atoms with Crippen molar-refractivity contribution in [3.63, 3.8) is 0 Å². The monoisotopic (exact) mass is 206 g/mol. The van der Waals surface area contributed by atoms with E-state index in [1.807, 2.05) is 24.3 Å². The zero-order valence-corrected chi connectivity index (χ0v) is 8.62. The number of amides is 1. The maximum Gasteiger partial charge on any atom is 0.279 e. The van der Waals surface area contributed by atoms with Crippen LogP contribution in [-0.2, 0) is 11.2 Å². The van der Waals surface area contributed by atoms with Crippen molar-refractivity contribution >= 4 is 5.91 Å². The van der Waals surface area contributed by atoms with Gasteiger partial charge in [-0.25, -0.2) is 0 Å². The smallest absolute Gasteiger partial charge is 0.279 e. The summed E-state index contributed by atoms with van der Waals surface area (Å²) < 4.78 is 5.54. The summed E-state index contributed by atoms with van der Waals surface area (Å²) in [4.78, 5) is 11.5. The summed E-state index contributed by atoms with van der Waals surface area (Å²) in [5.41, 5.74) is 5.77. The van der Waals surface area contributed by atoms with E-state index in [-0.39, 0.29) is 5.91 Å². The second-order valence-corrected chi connectivity index (χ2v) is 3.68. The van der Waals surface area contributed by atoms with Crippen molar-refractivity contribution in [2.24, 2.45) is 5.73 Å². The van der Waals surface area contributed by atoms with Crippen LogP contribution >= 0.6 is 0 Å². The van der Waals surface area contributed by atoms with Crippen molar-refractivity contribution in [1.82, 2.24) is 5.32 Å². The van der Waals surface area contributed by atoms with Crippen LogP contribution in [0.15, 0.2) is 24.3 Å². The first kappa shape index (κ1) is 9.98. The van der Waals surface area contributed by atoms with Crippen molar-refractivity contribution in [3.8, 4) is 5.75 Å². The van der Waals surface area contributed by atoms with Gasteiger partial charge in [0.05, 0.1) is 0 Å². The number of nitrogens with one attached hydrogen (secondary N) is 1. The van der Waals surface area contributed by atoms with Gasteiger partial charge in [0.15, 0.2) is 0 Å². The molecule has 2 rings (SSSR count).